The van der Waals surface area contributed by atoms with Gasteiger partial charge in [0.2, 0.25) is 0 Å². The van der Waals surface area contributed by atoms with Crippen LogP contribution < -0.4 is 20.5 Å². The number of benzene rings is 2. The fraction of sp³-hybridized carbons (Fsp3) is 0.462. The van der Waals surface area contributed by atoms with Gasteiger partial charge >= 0.3 is 0 Å². The van der Waals surface area contributed by atoms with Gasteiger partial charge in [0.05, 0.1) is 32.2 Å². The first-order chi connectivity index (χ1) is 29.6. The average molecular weight is 768 g/mol. The molecule has 2 fully saturated rings. The van der Waals surface area contributed by atoms with Crippen molar-refractivity contribution in [1.82, 2.24) is 5.32 Å². The van der Waals surface area contributed by atoms with E-state index < -0.39 is 98.4 Å². The molecular weight excluding hydrogens is 711 g/mol. The van der Waals surface area contributed by atoms with Crippen molar-refractivity contribution in [3.8, 4) is 0 Å². The molecule has 0 unspecified atom stereocenters. The summed E-state index contributed by atoms with van der Waals surface area (Å²) in [5.74, 6) is -9.42. The van der Waals surface area contributed by atoms with Crippen molar-refractivity contribution in [2.75, 3.05) is 69.7 Å². The number of unbranched alkanes of at least 4 members (excludes halogenated alkanes) is 3. The summed E-state index contributed by atoms with van der Waals surface area (Å²) in [5, 5.41) is 15.3. The molecule has 13 heteroatoms. The molecule has 2 aromatic carbocycles. The smallest absolute Gasteiger partial charge is 0.257 e. The number of fused-ring (bicyclic) bond motifs is 2. The molecule has 0 spiro atoms. The number of anilines is 1. The van der Waals surface area contributed by atoms with Crippen LogP contribution in [0.25, 0.3) is 5.57 Å². The third-order valence-electron chi connectivity index (χ3n) is 9.16. The van der Waals surface area contributed by atoms with Crippen molar-refractivity contribution in [2.45, 2.75) is 51.5 Å². The number of carboxylic acid groups (broad SMARTS) is 1. The highest BCUT2D eigenvalue weighted by Gasteiger charge is 2.43. The van der Waals surface area contributed by atoms with Crippen LogP contribution in [0.4, 0.5) is 18.9 Å². The van der Waals surface area contributed by atoms with Crippen molar-refractivity contribution in [2.24, 2.45) is 0 Å². The van der Waals surface area contributed by atoms with Crippen molar-refractivity contribution in [3.05, 3.63) is 86.9 Å². The topological polar surface area (TPSA) is 93.9 Å². The molecule has 278 valence electrons. The number of amides is 1. The number of allylic oxidation sites excluding steroid dienone is 5. The summed E-state index contributed by atoms with van der Waals surface area (Å²) < 4.78 is 160. The summed E-state index contributed by atoms with van der Waals surface area (Å²) in [4.78, 5) is 26.7. The molecule has 52 heavy (non-hydrogen) atoms. The Kier molecular flexibility index (Phi) is 8.05. The van der Waals surface area contributed by atoms with Crippen LogP contribution in [0.5, 0.6) is 0 Å². The Hall–Kier alpha value is -3.71. The first-order valence-electron chi connectivity index (χ1n) is 22.8. The van der Waals surface area contributed by atoms with Crippen LogP contribution in [0.1, 0.15) is 86.7 Å². The van der Waals surface area contributed by atoms with E-state index in [0.29, 0.717) is 22.0 Å². The Morgan fingerprint density at radius 1 is 0.962 bits per heavy atom. The number of aromatic carboxylic acids is 1. The van der Waals surface area contributed by atoms with E-state index in [9.17, 15) is 14.7 Å². The minimum absolute atomic E-state index is 0.0547. The molecule has 3 aliphatic heterocycles. The van der Waals surface area contributed by atoms with E-state index in [1.807, 2.05) is 0 Å². The van der Waals surface area contributed by atoms with Gasteiger partial charge in [-0.3, -0.25) is 4.79 Å². The van der Waals surface area contributed by atoms with Gasteiger partial charge in [-0.2, -0.15) is 0 Å². The number of nitrogens with one attached hydrogen (secondary N) is 1. The monoisotopic (exact) mass is 767 g/mol. The highest BCUT2D eigenvalue weighted by Crippen LogP contribution is 2.45. The largest absolute Gasteiger partial charge is 0.545 e. The van der Waals surface area contributed by atoms with Crippen molar-refractivity contribution in [3.63, 3.8) is 0 Å². The number of hydrogen-bond acceptors (Lipinski definition) is 6. The average Bonchev–Trinajstić information content (AvgIpc) is 3.19. The van der Waals surface area contributed by atoms with E-state index in [1.165, 1.54) is 24.3 Å². The number of rotatable bonds is 16. The van der Waals surface area contributed by atoms with Crippen LogP contribution >= 0.6 is 11.6 Å². The third-order valence-corrected chi connectivity index (χ3v) is 12.9. The number of nitrogens with zero attached hydrogens (tertiary/aromatic N) is 2. The van der Waals surface area contributed by atoms with E-state index in [2.05, 4.69) is 5.32 Å². The molecule has 6 rings (SSSR count). The van der Waals surface area contributed by atoms with Crippen molar-refractivity contribution in [1.29, 1.82) is 0 Å². The van der Waals surface area contributed by atoms with Crippen LogP contribution in [-0.2, 0) is 9.47 Å². The lowest BCUT2D eigenvalue weighted by Gasteiger charge is -2.40. The van der Waals surface area contributed by atoms with Gasteiger partial charge in [-0.15, -0.1) is 11.6 Å². The highest BCUT2D eigenvalue weighted by atomic mass is 35.5. The molecule has 1 N–H and O–H groups in total. The van der Waals surface area contributed by atoms with E-state index >= 15 is 13.2 Å². The zero-order valence-electron chi connectivity index (χ0n) is 40.5. The number of ether oxygens (including phenoxy) is 2. The molecular formula is C39H45ClF3N3O5Si. The van der Waals surface area contributed by atoms with Gasteiger partial charge in [0.25, 0.3) is 5.91 Å². The van der Waals surface area contributed by atoms with E-state index in [1.54, 1.807) is 13.1 Å². The summed E-state index contributed by atoms with van der Waals surface area (Å²) in [6.45, 7) is -7.98. The Balaban J connectivity index is 1.47. The lowest BCUT2D eigenvalue weighted by molar-refractivity contribution is -0.582. The number of halogens is 4. The Labute approximate surface area is 325 Å². The normalized spacial score (nSPS) is 26.6. The van der Waals surface area contributed by atoms with Gasteiger partial charge in [0, 0.05) is 72.0 Å². The molecule has 1 amide bonds. The summed E-state index contributed by atoms with van der Waals surface area (Å²) >= 11 is 5.67. The first-order valence-corrected chi connectivity index (χ1v) is 20.3. The van der Waals surface area contributed by atoms with Crippen molar-refractivity contribution < 1.29 is 58.4 Å². The Bertz CT molecular complexity index is 2380. The minimum atomic E-state index is -3.47. The zero-order valence-corrected chi connectivity index (χ0v) is 30.2. The number of carboxylic acids is 1. The Morgan fingerprint density at radius 2 is 1.67 bits per heavy atom. The van der Waals surface area contributed by atoms with E-state index in [0.717, 1.165) is 37.8 Å². The van der Waals surface area contributed by atoms with Gasteiger partial charge < -0.3 is 29.6 Å². The molecule has 3 heterocycles. The van der Waals surface area contributed by atoms with Crippen LogP contribution in [0.2, 0.25) is 13.1 Å². The maximum Gasteiger partial charge on any atom is 0.257 e. The lowest BCUT2D eigenvalue weighted by Crippen LogP contribution is -2.50. The van der Waals surface area contributed by atoms with Gasteiger partial charge in [-0.1, -0.05) is 32.0 Å². The molecule has 2 saturated heterocycles. The van der Waals surface area contributed by atoms with Crippen molar-refractivity contribution >= 4 is 53.7 Å². The maximum atomic E-state index is 17.2. The Morgan fingerprint density at radius 3 is 2.40 bits per heavy atom. The molecule has 0 aromatic heterocycles. The quantitative estimate of drug-likeness (QED) is 0.0863. The second-order valence-electron chi connectivity index (χ2n) is 12.8. The van der Waals surface area contributed by atoms with Crippen LogP contribution in [0, 0.1) is 17.5 Å². The van der Waals surface area contributed by atoms with E-state index in [-0.39, 0.29) is 59.3 Å². The third kappa shape index (κ3) is 7.53. The maximum absolute atomic E-state index is 17.2. The second-order valence-corrected chi connectivity index (χ2v) is 17.5. The summed E-state index contributed by atoms with van der Waals surface area (Å²) in [6.07, 6.45) is 1.25. The highest BCUT2D eigenvalue weighted by molar-refractivity contribution is 6.98. The second kappa shape index (κ2) is 16.5. The molecule has 0 bridgehead atoms. The number of hydrogen-bond donors (Lipinski definition) is 1. The van der Waals surface area contributed by atoms with Crippen LogP contribution in [0.3, 0.4) is 0 Å². The fourth-order valence-corrected chi connectivity index (χ4v) is 9.70. The number of carbonyl (C=O) groups is 2. The number of carbonyl (C=O) groups excluding carboxylic acids is 2. The summed E-state index contributed by atoms with van der Waals surface area (Å²) in [7, 11) is -3.47. The fourth-order valence-electron chi connectivity index (χ4n) is 6.44. The molecule has 2 aromatic rings. The molecule has 1 aliphatic carbocycles. The molecule has 0 atom stereocenters. The molecule has 4 aliphatic rings. The van der Waals surface area contributed by atoms with Crippen LogP contribution in [-0.4, -0.2) is 95.1 Å². The predicted molar refractivity (Wildman–Crippen MR) is 197 cm³/mol. The lowest BCUT2D eigenvalue weighted by atomic mass is 9.85. The molecule has 0 radical (unpaired) electrons. The zero-order chi connectivity index (χ0) is 47.7. The van der Waals surface area contributed by atoms with E-state index in [4.69, 9.17) is 37.5 Å². The molecule has 0 saturated carbocycles. The standard InChI is InChI=1S/C39H45ClF3N3O5Si/c1-52(2)29-23-25(45-15-7-16-45)9-11-27(29)31(28-12-10-26(24-30(28)52)46-17-8-18-46)32-33(39(48)49)36(42)37(43)34(35(32)41)38(47)44-14-20-51-22-21-50-19-6-4-3-5-13-40/h9-12,23-24H,3-8,13-22H2,1-2H3,(H-,44,47,48,49)/i7D2,8D2,15D2,16D2,17D2,18D2. The number of alkyl halides is 1. The van der Waals surface area contributed by atoms with Gasteiger partial charge in [-0.25, -0.2) is 17.7 Å². The predicted octanol–water partition coefficient (Wildman–Crippen LogP) is 4.86. The SMILES string of the molecule is [2H]C1([2H])N(c2ccc3c(c2)[Si](C)(C)C2=CC(=[N+]4C([2H])([2H])C([2H])([2H])C4([2H])[2H])C=CC2=C3c2c(F)c(C(=O)NCCOCCOCCCCCCCl)c(F)c(F)c2C(=O)[O-])C([2H])([2H])C1([2H])[2H]. The van der Waals surface area contributed by atoms with Crippen LogP contribution in [0.15, 0.2) is 47.2 Å². The van der Waals surface area contributed by atoms with Gasteiger partial charge in [-0.05, 0) is 64.5 Å². The van der Waals surface area contributed by atoms with Gasteiger partial charge in [0.15, 0.2) is 17.3 Å². The molecule has 8 nitrogen and oxygen atoms in total. The van der Waals surface area contributed by atoms with Gasteiger partial charge in [0.1, 0.15) is 37.9 Å². The summed E-state index contributed by atoms with van der Waals surface area (Å²) in [5.41, 5.74) is -5.28. The minimum Gasteiger partial charge on any atom is -0.545 e. The first kappa shape index (κ1) is 25.3. The summed E-state index contributed by atoms with van der Waals surface area (Å²) in [6, 6.07) is 3.63.